The normalized spacial score (nSPS) is 10.2. The summed E-state index contributed by atoms with van der Waals surface area (Å²) < 4.78 is 1.35. The van der Waals surface area contributed by atoms with Crippen LogP contribution in [0.1, 0.15) is 24.6 Å². The smallest absolute Gasteiger partial charge is 0.274 e. The van der Waals surface area contributed by atoms with Crippen LogP contribution in [0.15, 0.2) is 47.3 Å². The summed E-state index contributed by atoms with van der Waals surface area (Å²) in [7, 11) is 0. The molecule has 2 amide bonds. The summed E-state index contributed by atoms with van der Waals surface area (Å²) in [6.45, 7) is 3.77. The summed E-state index contributed by atoms with van der Waals surface area (Å²) in [5.74, 6) is -0.501. The second-order valence-electron chi connectivity index (χ2n) is 5.44. The third-order valence-corrected chi connectivity index (χ3v) is 3.62. The van der Waals surface area contributed by atoms with Gasteiger partial charge in [0, 0.05) is 18.7 Å². The molecule has 1 aromatic carbocycles. The van der Waals surface area contributed by atoms with Crippen molar-refractivity contribution in [2.24, 2.45) is 0 Å². The molecule has 0 radical (unpaired) electrons. The zero-order valence-electron chi connectivity index (χ0n) is 13.8. The number of hydrogen-bond donors (Lipinski definition) is 2. The molecule has 0 fully saturated rings. The molecule has 0 atom stereocenters. The maximum Gasteiger partial charge on any atom is 0.274 e. The number of aryl methyl sites for hydroxylation is 1. The van der Waals surface area contributed by atoms with Crippen molar-refractivity contribution < 1.29 is 9.59 Å². The second kappa shape index (κ2) is 8.10. The molecule has 126 valence electrons. The zero-order chi connectivity index (χ0) is 17.5. The first-order valence-corrected chi connectivity index (χ1v) is 7.82. The number of aromatic nitrogens is 1. The largest absolute Gasteiger partial charge is 0.350 e. The fraction of sp³-hybridized carbons (Fsp3) is 0.278. The zero-order valence-corrected chi connectivity index (χ0v) is 13.8. The van der Waals surface area contributed by atoms with Gasteiger partial charge in [0.2, 0.25) is 11.8 Å². The van der Waals surface area contributed by atoms with Crippen LogP contribution in [0, 0.1) is 6.92 Å². The van der Waals surface area contributed by atoms with E-state index in [4.69, 9.17) is 0 Å². The minimum atomic E-state index is -0.383. The third kappa shape index (κ3) is 4.55. The number of pyridine rings is 1. The van der Waals surface area contributed by atoms with E-state index in [0.717, 1.165) is 5.56 Å². The van der Waals surface area contributed by atoms with Crippen molar-refractivity contribution in [2.75, 3.05) is 5.32 Å². The van der Waals surface area contributed by atoms with Gasteiger partial charge < -0.3 is 15.2 Å². The summed E-state index contributed by atoms with van der Waals surface area (Å²) >= 11 is 0. The molecular formula is C18H21N3O3. The van der Waals surface area contributed by atoms with Gasteiger partial charge in [0.15, 0.2) is 0 Å². The molecule has 0 saturated heterocycles. The lowest BCUT2D eigenvalue weighted by Gasteiger charge is -2.12. The Balaban J connectivity index is 2.08. The highest BCUT2D eigenvalue weighted by Gasteiger charge is 2.11. The lowest BCUT2D eigenvalue weighted by atomic mass is 10.2. The topological polar surface area (TPSA) is 80.2 Å². The van der Waals surface area contributed by atoms with Gasteiger partial charge in [0.05, 0.1) is 0 Å². The lowest BCUT2D eigenvalue weighted by molar-refractivity contribution is -0.122. The van der Waals surface area contributed by atoms with Gasteiger partial charge >= 0.3 is 0 Å². The Morgan fingerprint density at radius 1 is 1.04 bits per heavy atom. The van der Waals surface area contributed by atoms with Crippen molar-refractivity contribution >= 4 is 17.5 Å². The van der Waals surface area contributed by atoms with Gasteiger partial charge in [-0.1, -0.05) is 37.3 Å². The Morgan fingerprint density at radius 3 is 2.42 bits per heavy atom. The van der Waals surface area contributed by atoms with Crippen molar-refractivity contribution in [2.45, 2.75) is 33.4 Å². The van der Waals surface area contributed by atoms with Gasteiger partial charge in [-0.2, -0.15) is 0 Å². The van der Waals surface area contributed by atoms with Crippen LogP contribution in [0.4, 0.5) is 5.69 Å². The van der Waals surface area contributed by atoms with E-state index in [9.17, 15) is 14.4 Å². The molecule has 0 saturated carbocycles. The highest BCUT2D eigenvalue weighted by atomic mass is 16.2. The number of hydrogen-bond acceptors (Lipinski definition) is 3. The number of benzene rings is 1. The monoisotopic (exact) mass is 327 g/mol. The van der Waals surface area contributed by atoms with Crippen molar-refractivity contribution in [3.05, 3.63) is 64.1 Å². The highest BCUT2D eigenvalue weighted by molar-refractivity contribution is 5.90. The van der Waals surface area contributed by atoms with Crippen molar-refractivity contribution in [1.82, 2.24) is 9.88 Å². The van der Waals surface area contributed by atoms with E-state index in [1.807, 2.05) is 30.3 Å². The SMILES string of the molecule is CCC(=O)Nc1ccc(C)n(CC(=O)NCc2ccccc2)c1=O. The fourth-order valence-corrected chi connectivity index (χ4v) is 2.20. The second-order valence-corrected chi connectivity index (χ2v) is 5.44. The highest BCUT2D eigenvalue weighted by Crippen LogP contribution is 2.04. The molecule has 24 heavy (non-hydrogen) atoms. The first-order valence-electron chi connectivity index (χ1n) is 7.82. The Hall–Kier alpha value is -2.89. The van der Waals surface area contributed by atoms with Crippen molar-refractivity contribution in [3.63, 3.8) is 0 Å². The maximum absolute atomic E-state index is 12.4. The molecule has 2 aromatic rings. The van der Waals surface area contributed by atoms with E-state index >= 15 is 0 Å². The average Bonchev–Trinajstić information content (AvgIpc) is 2.60. The van der Waals surface area contributed by atoms with E-state index in [0.29, 0.717) is 12.2 Å². The summed E-state index contributed by atoms with van der Waals surface area (Å²) in [5, 5.41) is 5.34. The Bertz CT molecular complexity index is 782. The van der Waals surface area contributed by atoms with E-state index in [-0.39, 0.29) is 36.0 Å². The van der Waals surface area contributed by atoms with Crippen molar-refractivity contribution in [3.8, 4) is 0 Å². The fourth-order valence-electron chi connectivity index (χ4n) is 2.20. The number of nitrogens with zero attached hydrogens (tertiary/aromatic N) is 1. The van der Waals surface area contributed by atoms with Gasteiger partial charge in [-0.25, -0.2) is 0 Å². The molecule has 1 aromatic heterocycles. The molecule has 1 heterocycles. The number of rotatable bonds is 6. The number of nitrogens with one attached hydrogen (secondary N) is 2. The Morgan fingerprint density at radius 2 is 1.75 bits per heavy atom. The number of carbonyl (C=O) groups is 2. The van der Waals surface area contributed by atoms with Gasteiger partial charge in [0.25, 0.3) is 5.56 Å². The Kier molecular flexibility index (Phi) is 5.89. The van der Waals surface area contributed by atoms with Crippen molar-refractivity contribution in [1.29, 1.82) is 0 Å². The minimum absolute atomic E-state index is 0.0899. The standard InChI is InChI=1S/C18H21N3O3/c1-3-16(22)20-15-10-9-13(2)21(18(15)24)12-17(23)19-11-14-7-5-4-6-8-14/h4-10H,3,11-12H2,1-2H3,(H,19,23)(H,20,22). The van der Waals surface area contributed by atoms with Crippen LogP contribution in [-0.2, 0) is 22.7 Å². The molecule has 6 heteroatoms. The summed E-state index contributed by atoms with van der Waals surface area (Å²) in [6.07, 6.45) is 0.283. The van der Waals surface area contributed by atoms with Crippen LogP contribution in [0.25, 0.3) is 0 Å². The predicted molar refractivity (Wildman–Crippen MR) is 92.6 cm³/mol. The van der Waals surface area contributed by atoms with Gasteiger partial charge in [-0.15, -0.1) is 0 Å². The van der Waals surface area contributed by atoms with E-state index in [1.54, 1.807) is 26.0 Å². The molecule has 2 N–H and O–H groups in total. The molecule has 0 aliphatic heterocycles. The number of anilines is 1. The van der Waals surface area contributed by atoms with Crippen LogP contribution >= 0.6 is 0 Å². The van der Waals surface area contributed by atoms with Crippen LogP contribution in [0.2, 0.25) is 0 Å². The summed E-state index contributed by atoms with van der Waals surface area (Å²) in [5.41, 5.74) is 1.44. The molecular weight excluding hydrogens is 306 g/mol. The molecule has 0 bridgehead atoms. The number of amides is 2. The average molecular weight is 327 g/mol. The minimum Gasteiger partial charge on any atom is -0.350 e. The van der Waals surface area contributed by atoms with Crippen LogP contribution in [-0.4, -0.2) is 16.4 Å². The quantitative estimate of drug-likeness (QED) is 0.849. The molecule has 0 unspecified atom stereocenters. The van der Waals surface area contributed by atoms with Crippen LogP contribution < -0.4 is 16.2 Å². The van der Waals surface area contributed by atoms with Gasteiger partial charge in [-0.3, -0.25) is 14.4 Å². The maximum atomic E-state index is 12.4. The molecule has 6 nitrogen and oxygen atoms in total. The molecule has 0 spiro atoms. The third-order valence-electron chi connectivity index (χ3n) is 3.62. The molecule has 2 rings (SSSR count). The summed E-state index contributed by atoms with van der Waals surface area (Å²) in [6, 6.07) is 12.8. The molecule has 0 aliphatic carbocycles. The molecule has 0 aliphatic rings. The van der Waals surface area contributed by atoms with Crippen LogP contribution in [0.3, 0.4) is 0 Å². The van der Waals surface area contributed by atoms with E-state index in [1.165, 1.54) is 4.57 Å². The first-order chi connectivity index (χ1) is 11.5. The van der Waals surface area contributed by atoms with Gasteiger partial charge in [0.1, 0.15) is 12.2 Å². The first kappa shape index (κ1) is 17.5. The predicted octanol–water partition coefficient (Wildman–Crippen LogP) is 1.82. The number of carbonyl (C=O) groups excluding carboxylic acids is 2. The lowest BCUT2D eigenvalue weighted by Crippen LogP contribution is -2.34. The van der Waals surface area contributed by atoms with Crippen LogP contribution in [0.5, 0.6) is 0 Å². The van der Waals surface area contributed by atoms with Gasteiger partial charge in [-0.05, 0) is 24.6 Å². The van der Waals surface area contributed by atoms with E-state index < -0.39 is 0 Å². The summed E-state index contributed by atoms with van der Waals surface area (Å²) in [4.78, 5) is 36.0. The Labute approximate surface area is 140 Å². The van der Waals surface area contributed by atoms with E-state index in [2.05, 4.69) is 10.6 Å².